The van der Waals surface area contributed by atoms with Crippen LogP contribution < -0.4 is 15.6 Å². The van der Waals surface area contributed by atoms with Crippen LogP contribution in [-0.2, 0) is 6.54 Å². The van der Waals surface area contributed by atoms with Crippen molar-refractivity contribution in [2.45, 2.75) is 13.5 Å². The van der Waals surface area contributed by atoms with Gasteiger partial charge in [-0.2, -0.15) is 0 Å². The molecule has 0 saturated heterocycles. The van der Waals surface area contributed by atoms with E-state index >= 15 is 0 Å². The van der Waals surface area contributed by atoms with Gasteiger partial charge in [-0.1, -0.05) is 17.7 Å². The van der Waals surface area contributed by atoms with Gasteiger partial charge >= 0.3 is 0 Å². The summed E-state index contributed by atoms with van der Waals surface area (Å²) in [7, 11) is 1.61. The Hall–Kier alpha value is -1.94. The zero-order valence-corrected chi connectivity index (χ0v) is 12.3. The maximum Gasteiger partial charge on any atom is 0.250 e. The summed E-state index contributed by atoms with van der Waals surface area (Å²) in [5, 5.41) is 3.94. The van der Waals surface area contributed by atoms with Gasteiger partial charge in [0.05, 0.1) is 12.8 Å². The van der Waals surface area contributed by atoms with Crippen LogP contribution >= 0.6 is 11.6 Å². The van der Waals surface area contributed by atoms with E-state index < -0.39 is 0 Å². The molecule has 0 atom stereocenters. The van der Waals surface area contributed by atoms with Crippen LogP contribution in [0.15, 0.2) is 41.3 Å². The average molecular weight is 293 g/mol. The van der Waals surface area contributed by atoms with Crippen LogP contribution in [0.2, 0.25) is 5.02 Å². The monoisotopic (exact) mass is 292 g/mol. The lowest BCUT2D eigenvalue weighted by molar-refractivity contribution is 0.416. The topological polar surface area (TPSA) is 43.3 Å². The van der Waals surface area contributed by atoms with Gasteiger partial charge in [0.25, 0.3) is 5.56 Å². The number of hydrogen-bond donors (Lipinski definition) is 1. The van der Waals surface area contributed by atoms with E-state index in [1.54, 1.807) is 36.1 Å². The average Bonchev–Trinajstić information content (AvgIpc) is 2.44. The molecule has 0 aliphatic heterocycles. The maximum absolute atomic E-state index is 11.6. The zero-order chi connectivity index (χ0) is 14.5. The maximum atomic E-state index is 11.6. The third kappa shape index (κ3) is 3.33. The Morgan fingerprint density at radius 1 is 1.35 bits per heavy atom. The standard InChI is InChI=1S/C15H17ClN2O2/c1-11-9-13(14(20-2)10-12(11)16)17-6-8-18-7-4-3-5-15(18)19/h3-5,7,9-10,17H,6,8H2,1-2H3. The highest BCUT2D eigenvalue weighted by molar-refractivity contribution is 6.31. The number of aromatic nitrogens is 1. The summed E-state index contributed by atoms with van der Waals surface area (Å²) in [6.07, 6.45) is 1.77. The number of halogens is 1. The molecule has 0 amide bonds. The molecule has 0 saturated carbocycles. The molecule has 0 fully saturated rings. The Morgan fingerprint density at radius 3 is 2.85 bits per heavy atom. The molecule has 2 rings (SSSR count). The van der Waals surface area contributed by atoms with Crippen LogP contribution in [0, 0.1) is 6.92 Å². The Morgan fingerprint density at radius 2 is 2.15 bits per heavy atom. The lowest BCUT2D eigenvalue weighted by Crippen LogP contribution is -2.22. The van der Waals surface area contributed by atoms with Gasteiger partial charge in [-0.25, -0.2) is 0 Å². The van der Waals surface area contributed by atoms with E-state index in [-0.39, 0.29) is 5.56 Å². The molecule has 1 heterocycles. The summed E-state index contributed by atoms with van der Waals surface area (Å²) in [5.41, 5.74) is 1.85. The summed E-state index contributed by atoms with van der Waals surface area (Å²) in [4.78, 5) is 11.6. The van der Waals surface area contributed by atoms with Crippen molar-refractivity contribution in [3.8, 4) is 5.75 Å². The fourth-order valence-electron chi connectivity index (χ4n) is 1.93. The van der Waals surface area contributed by atoms with Gasteiger partial charge in [0.15, 0.2) is 0 Å². The van der Waals surface area contributed by atoms with E-state index in [0.717, 1.165) is 11.3 Å². The molecule has 0 aliphatic rings. The lowest BCUT2D eigenvalue weighted by Gasteiger charge is -2.13. The van der Waals surface area contributed by atoms with E-state index in [1.165, 1.54) is 0 Å². The number of anilines is 1. The fourth-order valence-corrected chi connectivity index (χ4v) is 2.08. The molecule has 0 aliphatic carbocycles. The van der Waals surface area contributed by atoms with Crippen LogP contribution in [0.3, 0.4) is 0 Å². The van der Waals surface area contributed by atoms with E-state index in [0.29, 0.717) is 23.9 Å². The number of hydrogen-bond acceptors (Lipinski definition) is 3. The van der Waals surface area contributed by atoms with E-state index in [2.05, 4.69) is 5.32 Å². The molecule has 0 spiro atoms. The third-order valence-corrected chi connectivity index (χ3v) is 3.46. The predicted molar refractivity (Wildman–Crippen MR) is 81.9 cm³/mol. The minimum atomic E-state index is -0.00597. The largest absolute Gasteiger partial charge is 0.495 e. The van der Waals surface area contributed by atoms with E-state index in [9.17, 15) is 4.79 Å². The van der Waals surface area contributed by atoms with Gasteiger partial charge in [-0.05, 0) is 24.6 Å². The minimum Gasteiger partial charge on any atom is -0.495 e. The zero-order valence-electron chi connectivity index (χ0n) is 11.5. The quantitative estimate of drug-likeness (QED) is 0.921. The van der Waals surface area contributed by atoms with Crippen molar-refractivity contribution in [3.63, 3.8) is 0 Å². The van der Waals surface area contributed by atoms with Crippen molar-refractivity contribution in [2.24, 2.45) is 0 Å². The van der Waals surface area contributed by atoms with Gasteiger partial charge in [0, 0.05) is 36.4 Å². The van der Waals surface area contributed by atoms with Crippen LogP contribution in [0.5, 0.6) is 5.75 Å². The molecular formula is C15H17ClN2O2. The van der Waals surface area contributed by atoms with Gasteiger partial charge in [-0.15, -0.1) is 0 Å². The Labute approximate surface area is 123 Å². The Bertz CT molecular complexity index is 653. The van der Waals surface area contributed by atoms with Gasteiger partial charge < -0.3 is 14.6 Å². The lowest BCUT2D eigenvalue weighted by atomic mass is 10.2. The summed E-state index contributed by atoms with van der Waals surface area (Å²) in [6, 6.07) is 8.85. The number of pyridine rings is 1. The highest BCUT2D eigenvalue weighted by Crippen LogP contribution is 2.30. The Balaban J connectivity index is 2.06. The molecule has 0 bridgehead atoms. The molecule has 2 aromatic rings. The number of rotatable bonds is 5. The molecule has 5 heteroatoms. The number of nitrogens with one attached hydrogen (secondary N) is 1. The van der Waals surface area contributed by atoms with Crippen LogP contribution in [0.25, 0.3) is 0 Å². The molecule has 4 nitrogen and oxygen atoms in total. The smallest absolute Gasteiger partial charge is 0.250 e. The number of aryl methyl sites for hydroxylation is 1. The fraction of sp³-hybridized carbons (Fsp3) is 0.267. The van der Waals surface area contributed by atoms with Crippen LogP contribution in [-0.4, -0.2) is 18.2 Å². The second-order valence-corrected chi connectivity index (χ2v) is 4.87. The Kier molecular flexibility index (Phi) is 4.69. The number of nitrogens with zero attached hydrogens (tertiary/aromatic N) is 1. The normalized spacial score (nSPS) is 10.3. The van der Waals surface area contributed by atoms with Gasteiger partial charge in [0.1, 0.15) is 5.75 Å². The second kappa shape index (κ2) is 6.48. The van der Waals surface area contributed by atoms with Crippen molar-refractivity contribution < 1.29 is 4.74 Å². The molecule has 1 N–H and O–H groups in total. The first kappa shape index (κ1) is 14.5. The summed E-state index contributed by atoms with van der Waals surface area (Å²) >= 11 is 6.06. The van der Waals surface area contributed by atoms with E-state index in [4.69, 9.17) is 16.3 Å². The first-order valence-electron chi connectivity index (χ1n) is 6.35. The molecule has 106 valence electrons. The first-order valence-corrected chi connectivity index (χ1v) is 6.73. The first-order chi connectivity index (χ1) is 9.61. The van der Waals surface area contributed by atoms with Crippen molar-refractivity contribution in [1.29, 1.82) is 0 Å². The highest BCUT2D eigenvalue weighted by Gasteiger charge is 2.06. The van der Waals surface area contributed by atoms with Crippen molar-refractivity contribution in [3.05, 3.63) is 57.5 Å². The molecule has 20 heavy (non-hydrogen) atoms. The summed E-state index contributed by atoms with van der Waals surface area (Å²) in [6.45, 7) is 3.15. The molecule has 0 unspecified atom stereocenters. The van der Waals surface area contributed by atoms with Crippen molar-refractivity contribution in [1.82, 2.24) is 4.57 Å². The van der Waals surface area contributed by atoms with Crippen LogP contribution in [0.4, 0.5) is 5.69 Å². The number of benzene rings is 1. The molecule has 1 aromatic carbocycles. The minimum absolute atomic E-state index is 0.00597. The predicted octanol–water partition coefficient (Wildman–Crippen LogP) is 2.93. The van der Waals surface area contributed by atoms with Crippen molar-refractivity contribution in [2.75, 3.05) is 19.0 Å². The summed E-state index contributed by atoms with van der Waals surface area (Å²) in [5.74, 6) is 0.695. The van der Waals surface area contributed by atoms with Crippen molar-refractivity contribution >= 4 is 17.3 Å². The van der Waals surface area contributed by atoms with Crippen LogP contribution in [0.1, 0.15) is 5.56 Å². The number of methoxy groups -OCH3 is 1. The highest BCUT2D eigenvalue weighted by atomic mass is 35.5. The molecular weight excluding hydrogens is 276 g/mol. The molecule has 0 radical (unpaired) electrons. The SMILES string of the molecule is COc1cc(Cl)c(C)cc1NCCn1ccccc1=O. The number of ether oxygens (including phenoxy) is 1. The van der Waals surface area contributed by atoms with Gasteiger partial charge in [-0.3, -0.25) is 4.79 Å². The second-order valence-electron chi connectivity index (χ2n) is 4.46. The molecule has 1 aromatic heterocycles. The summed E-state index contributed by atoms with van der Waals surface area (Å²) < 4.78 is 6.95. The van der Waals surface area contributed by atoms with E-state index in [1.807, 2.05) is 19.1 Å². The van der Waals surface area contributed by atoms with Gasteiger partial charge in [0.2, 0.25) is 0 Å². The third-order valence-electron chi connectivity index (χ3n) is 3.05.